The van der Waals surface area contributed by atoms with E-state index in [0.29, 0.717) is 0 Å². The van der Waals surface area contributed by atoms with Gasteiger partial charge in [-0.2, -0.15) is 0 Å². The molecule has 0 atom stereocenters. The normalized spacial score (nSPS) is 10.7. The predicted octanol–water partition coefficient (Wildman–Crippen LogP) is 5.51. The van der Waals surface area contributed by atoms with Crippen molar-refractivity contribution in [1.82, 2.24) is 9.55 Å². The summed E-state index contributed by atoms with van der Waals surface area (Å²) in [4.78, 5) is 4.93. The summed E-state index contributed by atoms with van der Waals surface area (Å²) in [7, 11) is 0. The van der Waals surface area contributed by atoms with Crippen LogP contribution in [0.1, 0.15) is 5.56 Å². The lowest BCUT2D eigenvalue weighted by molar-refractivity contribution is 1.07. The molecule has 4 rings (SSSR count). The molecule has 1 aromatic heterocycles. The van der Waals surface area contributed by atoms with Crippen molar-refractivity contribution >= 4 is 0 Å². The third-order valence-electron chi connectivity index (χ3n) is 4.09. The Labute approximate surface area is 142 Å². The van der Waals surface area contributed by atoms with Crippen LogP contribution in [-0.4, -0.2) is 9.55 Å². The quantitative estimate of drug-likeness (QED) is 0.487. The first-order valence-electron chi connectivity index (χ1n) is 8.08. The predicted molar refractivity (Wildman–Crippen MR) is 99.2 cm³/mol. The van der Waals surface area contributed by atoms with E-state index in [1.54, 1.807) is 0 Å². The van der Waals surface area contributed by atoms with Crippen molar-refractivity contribution in [2.75, 3.05) is 0 Å². The van der Waals surface area contributed by atoms with Crippen LogP contribution in [0.25, 0.3) is 28.3 Å². The molecule has 2 nitrogen and oxygen atoms in total. The Morgan fingerprint density at radius 3 is 2.08 bits per heavy atom. The SMILES string of the molecule is Cc1cccc(-c2nc(-c3ccccc3)cn2-c2ccccc2)c1. The lowest BCUT2D eigenvalue weighted by Gasteiger charge is -2.08. The summed E-state index contributed by atoms with van der Waals surface area (Å²) in [5.74, 6) is 0.962. The molecule has 0 amide bonds. The zero-order valence-corrected chi connectivity index (χ0v) is 13.6. The molecule has 1 heterocycles. The summed E-state index contributed by atoms with van der Waals surface area (Å²) in [5.41, 5.74) is 5.58. The highest BCUT2D eigenvalue weighted by molar-refractivity contribution is 5.67. The molecule has 2 heteroatoms. The monoisotopic (exact) mass is 310 g/mol. The standard InChI is InChI=1S/C22H18N2/c1-17-9-8-12-19(15-17)22-23-21(18-10-4-2-5-11-18)16-24(22)20-13-6-3-7-14-20/h2-16H,1H3. The van der Waals surface area contributed by atoms with Gasteiger partial charge in [0.25, 0.3) is 0 Å². The van der Waals surface area contributed by atoms with Gasteiger partial charge in [0.15, 0.2) is 0 Å². The van der Waals surface area contributed by atoms with Crippen molar-refractivity contribution in [2.45, 2.75) is 6.92 Å². The average molecular weight is 310 g/mol. The van der Waals surface area contributed by atoms with Crippen molar-refractivity contribution in [3.05, 3.63) is 96.7 Å². The third kappa shape index (κ3) is 2.74. The van der Waals surface area contributed by atoms with Gasteiger partial charge in [0.1, 0.15) is 5.82 Å². The molecule has 0 radical (unpaired) electrons. The summed E-state index contributed by atoms with van der Waals surface area (Å²) in [6.45, 7) is 2.11. The van der Waals surface area contributed by atoms with Crippen molar-refractivity contribution < 1.29 is 0 Å². The van der Waals surface area contributed by atoms with E-state index in [4.69, 9.17) is 4.98 Å². The molecule has 0 aliphatic carbocycles. The Morgan fingerprint density at radius 2 is 1.38 bits per heavy atom. The molecule has 0 saturated carbocycles. The smallest absolute Gasteiger partial charge is 0.145 e. The maximum Gasteiger partial charge on any atom is 0.145 e. The maximum absolute atomic E-state index is 4.93. The lowest BCUT2D eigenvalue weighted by atomic mass is 10.1. The summed E-state index contributed by atoms with van der Waals surface area (Å²) in [6.07, 6.45) is 2.11. The molecule has 4 aromatic rings. The molecule has 0 fully saturated rings. The van der Waals surface area contributed by atoms with Gasteiger partial charge in [0, 0.05) is 23.0 Å². The lowest BCUT2D eigenvalue weighted by Crippen LogP contribution is -1.95. The number of benzene rings is 3. The molecule has 0 unspecified atom stereocenters. The summed E-state index contributed by atoms with van der Waals surface area (Å²) in [6, 6.07) is 29.1. The van der Waals surface area contributed by atoms with E-state index in [0.717, 1.165) is 28.3 Å². The van der Waals surface area contributed by atoms with Crippen LogP contribution in [0, 0.1) is 6.92 Å². The molecular weight excluding hydrogens is 292 g/mol. The minimum atomic E-state index is 0.962. The number of imidazole rings is 1. The minimum absolute atomic E-state index is 0.962. The van der Waals surface area contributed by atoms with Crippen LogP contribution in [-0.2, 0) is 0 Å². The number of nitrogens with zero attached hydrogens (tertiary/aromatic N) is 2. The fourth-order valence-corrected chi connectivity index (χ4v) is 2.90. The van der Waals surface area contributed by atoms with E-state index in [9.17, 15) is 0 Å². The molecule has 0 N–H and O–H groups in total. The van der Waals surface area contributed by atoms with E-state index in [1.807, 2.05) is 24.3 Å². The Hall–Kier alpha value is -3.13. The molecule has 116 valence electrons. The molecule has 24 heavy (non-hydrogen) atoms. The van der Waals surface area contributed by atoms with E-state index >= 15 is 0 Å². The zero-order valence-electron chi connectivity index (χ0n) is 13.6. The Morgan fingerprint density at radius 1 is 0.708 bits per heavy atom. The zero-order chi connectivity index (χ0) is 16.4. The number of aromatic nitrogens is 2. The number of rotatable bonds is 3. The maximum atomic E-state index is 4.93. The van der Waals surface area contributed by atoms with E-state index in [1.165, 1.54) is 5.56 Å². The van der Waals surface area contributed by atoms with Gasteiger partial charge in [-0.15, -0.1) is 0 Å². The van der Waals surface area contributed by atoms with Crippen molar-refractivity contribution in [3.8, 4) is 28.3 Å². The van der Waals surface area contributed by atoms with Crippen LogP contribution in [0.2, 0.25) is 0 Å². The van der Waals surface area contributed by atoms with Gasteiger partial charge < -0.3 is 0 Å². The molecule has 0 aliphatic heterocycles. The van der Waals surface area contributed by atoms with E-state index in [2.05, 4.69) is 78.4 Å². The van der Waals surface area contributed by atoms with Crippen molar-refractivity contribution in [2.24, 2.45) is 0 Å². The minimum Gasteiger partial charge on any atom is -0.299 e. The fraction of sp³-hybridized carbons (Fsp3) is 0.0455. The van der Waals surface area contributed by atoms with E-state index < -0.39 is 0 Å². The Bertz CT molecular complexity index is 954. The molecular formula is C22H18N2. The fourth-order valence-electron chi connectivity index (χ4n) is 2.90. The highest BCUT2D eigenvalue weighted by Gasteiger charge is 2.13. The number of hydrogen-bond acceptors (Lipinski definition) is 1. The summed E-state index contributed by atoms with van der Waals surface area (Å²) in [5, 5.41) is 0. The highest BCUT2D eigenvalue weighted by atomic mass is 15.1. The first-order valence-corrected chi connectivity index (χ1v) is 8.08. The van der Waals surface area contributed by atoms with Gasteiger partial charge in [0.2, 0.25) is 0 Å². The van der Waals surface area contributed by atoms with Gasteiger partial charge in [0.05, 0.1) is 5.69 Å². The Kier molecular flexibility index (Phi) is 3.72. The second-order valence-electron chi connectivity index (χ2n) is 5.89. The van der Waals surface area contributed by atoms with Crippen LogP contribution >= 0.6 is 0 Å². The van der Waals surface area contributed by atoms with Gasteiger partial charge in [-0.3, -0.25) is 4.57 Å². The second-order valence-corrected chi connectivity index (χ2v) is 5.89. The molecule has 0 spiro atoms. The van der Waals surface area contributed by atoms with Crippen LogP contribution < -0.4 is 0 Å². The topological polar surface area (TPSA) is 17.8 Å². The van der Waals surface area contributed by atoms with Crippen molar-refractivity contribution in [1.29, 1.82) is 0 Å². The van der Waals surface area contributed by atoms with E-state index in [-0.39, 0.29) is 0 Å². The second kappa shape index (κ2) is 6.17. The molecule has 0 aliphatic rings. The molecule has 3 aromatic carbocycles. The number of aryl methyl sites for hydroxylation is 1. The van der Waals surface area contributed by atoms with Gasteiger partial charge >= 0.3 is 0 Å². The number of hydrogen-bond donors (Lipinski definition) is 0. The number of para-hydroxylation sites is 1. The van der Waals surface area contributed by atoms with Crippen LogP contribution in [0.15, 0.2) is 91.1 Å². The summed E-state index contributed by atoms with van der Waals surface area (Å²) < 4.78 is 2.16. The largest absolute Gasteiger partial charge is 0.299 e. The van der Waals surface area contributed by atoms with Crippen LogP contribution in [0.4, 0.5) is 0 Å². The molecule has 0 bridgehead atoms. The average Bonchev–Trinajstić information content (AvgIpc) is 3.09. The third-order valence-corrected chi connectivity index (χ3v) is 4.09. The highest BCUT2D eigenvalue weighted by Crippen LogP contribution is 2.28. The van der Waals surface area contributed by atoms with Crippen LogP contribution in [0.3, 0.4) is 0 Å². The molecule has 0 saturated heterocycles. The first-order chi connectivity index (χ1) is 11.8. The van der Waals surface area contributed by atoms with Crippen molar-refractivity contribution in [3.63, 3.8) is 0 Å². The Balaban J connectivity index is 1.92. The first kappa shape index (κ1) is 14.5. The van der Waals surface area contributed by atoms with Gasteiger partial charge in [-0.1, -0.05) is 72.3 Å². The van der Waals surface area contributed by atoms with Gasteiger partial charge in [-0.25, -0.2) is 4.98 Å². The van der Waals surface area contributed by atoms with Crippen LogP contribution in [0.5, 0.6) is 0 Å². The summed E-state index contributed by atoms with van der Waals surface area (Å²) >= 11 is 0. The van der Waals surface area contributed by atoms with Gasteiger partial charge in [-0.05, 0) is 25.1 Å².